The summed E-state index contributed by atoms with van der Waals surface area (Å²) in [5.41, 5.74) is 12.1. The third-order valence-corrected chi connectivity index (χ3v) is 3.73. The average Bonchev–Trinajstić information content (AvgIpc) is 2.93. The lowest BCUT2D eigenvalue weighted by molar-refractivity contribution is 0.912. The Hall–Kier alpha value is -1.63. The normalized spacial score (nSPS) is 13.4. The first-order valence-electron chi connectivity index (χ1n) is 7.30. The largest absolute Gasteiger partial charge is 0.370 e. The Morgan fingerprint density at radius 3 is 2.86 bits per heavy atom. The van der Waals surface area contributed by atoms with Crippen LogP contribution >= 0.6 is 24.0 Å². The number of guanidine groups is 1. The lowest BCUT2D eigenvalue weighted by Crippen LogP contribution is -2.22. The molecule has 1 heterocycles. The Bertz CT molecular complexity index is 682. The van der Waals surface area contributed by atoms with Crippen LogP contribution in [-0.2, 0) is 19.4 Å². The summed E-state index contributed by atoms with van der Waals surface area (Å²) >= 11 is 0. The van der Waals surface area contributed by atoms with Crippen LogP contribution in [-0.4, -0.2) is 10.9 Å². The van der Waals surface area contributed by atoms with Crippen molar-refractivity contribution in [2.45, 2.75) is 32.7 Å². The second-order valence-corrected chi connectivity index (χ2v) is 5.53. The summed E-state index contributed by atoms with van der Waals surface area (Å²) in [5.74, 6) is 0.439. The van der Waals surface area contributed by atoms with Gasteiger partial charge >= 0.3 is 0 Å². The summed E-state index contributed by atoms with van der Waals surface area (Å²) < 4.78 is 0. The zero-order chi connectivity index (χ0) is 14.7. The molecule has 2 aromatic rings. The van der Waals surface area contributed by atoms with E-state index >= 15 is 0 Å². The average molecular weight is 408 g/mol. The Morgan fingerprint density at radius 1 is 1.23 bits per heavy atom. The summed E-state index contributed by atoms with van der Waals surface area (Å²) in [6.07, 6.45) is 7.26. The molecule has 1 aliphatic rings. The molecule has 0 spiro atoms. The molecule has 0 bridgehead atoms. The summed E-state index contributed by atoms with van der Waals surface area (Å²) in [6, 6.07) is 8.50. The third-order valence-electron chi connectivity index (χ3n) is 3.73. The van der Waals surface area contributed by atoms with E-state index in [-0.39, 0.29) is 24.0 Å². The number of nitrogens with zero attached hydrogens (tertiary/aromatic N) is 2. The predicted octanol–water partition coefficient (Wildman–Crippen LogP) is 3.42. The fraction of sp³-hybridized carbons (Fsp3) is 0.294. The molecule has 0 radical (unpaired) electrons. The minimum atomic E-state index is 0. The highest BCUT2D eigenvalue weighted by Gasteiger charge is 2.10. The lowest BCUT2D eigenvalue weighted by atomic mass is 10.1. The summed E-state index contributed by atoms with van der Waals surface area (Å²) in [7, 11) is 0. The van der Waals surface area contributed by atoms with E-state index in [0.717, 1.165) is 23.2 Å². The first-order valence-corrected chi connectivity index (χ1v) is 7.30. The molecule has 1 aromatic heterocycles. The van der Waals surface area contributed by atoms with Crippen molar-refractivity contribution in [1.29, 1.82) is 0 Å². The monoisotopic (exact) mass is 408 g/mol. The number of rotatable bonds is 3. The minimum absolute atomic E-state index is 0. The van der Waals surface area contributed by atoms with Crippen molar-refractivity contribution >= 4 is 35.6 Å². The number of aliphatic imine (C=N–C) groups is 1. The minimum Gasteiger partial charge on any atom is -0.370 e. The van der Waals surface area contributed by atoms with Gasteiger partial charge in [-0.15, -0.1) is 24.0 Å². The van der Waals surface area contributed by atoms with Gasteiger partial charge in [-0.3, -0.25) is 4.98 Å². The van der Waals surface area contributed by atoms with Gasteiger partial charge in [-0.1, -0.05) is 12.1 Å². The van der Waals surface area contributed by atoms with Gasteiger partial charge in [-0.2, -0.15) is 0 Å². The highest BCUT2D eigenvalue weighted by molar-refractivity contribution is 14.0. The van der Waals surface area contributed by atoms with Crippen molar-refractivity contribution in [2.24, 2.45) is 10.7 Å². The fourth-order valence-electron chi connectivity index (χ4n) is 2.72. The van der Waals surface area contributed by atoms with E-state index in [1.54, 1.807) is 0 Å². The molecule has 22 heavy (non-hydrogen) atoms. The number of aryl methyl sites for hydroxylation is 3. The maximum atomic E-state index is 5.96. The summed E-state index contributed by atoms with van der Waals surface area (Å²) in [5, 5.41) is 3.16. The predicted molar refractivity (Wildman–Crippen MR) is 102 cm³/mol. The van der Waals surface area contributed by atoms with E-state index in [2.05, 4.69) is 39.6 Å². The maximum Gasteiger partial charge on any atom is 0.193 e. The Kier molecular flexibility index (Phi) is 5.76. The van der Waals surface area contributed by atoms with Crippen LogP contribution in [0, 0.1) is 6.92 Å². The number of aromatic nitrogens is 1. The van der Waals surface area contributed by atoms with E-state index in [9.17, 15) is 0 Å². The molecule has 116 valence electrons. The quantitative estimate of drug-likeness (QED) is 0.465. The van der Waals surface area contributed by atoms with Crippen LogP contribution in [0.1, 0.15) is 28.7 Å². The summed E-state index contributed by atoms with van der Waals surface area (Å²) in [6.45, 7) is 2.56. The number of nitrogens with one attached hydrogen (secondary N) is 1. The van der Waals surface area contributed by atoms with Crippen molar-refractivity contribution in [2.75, 3.05) is 5.32 Å². The molecular formula is C17H21IN4. The third kappa shape index (κ3) is 4.19. The first kappa shape index (κ1) is 16.7. The SMILES string of the molecule is Cc1cncc(CN=C(N)Nc2ccc3c(c2)CCC3)c1.I. The van der Waals surface area contributed by atoms with Gasteiger partial charge in [0.1, 0.15) is 0 Å². The molecule has 0 atom stereocenters. The van der Waals surface area contributed by atoms with Crippen molar-refractivity contribution in [3.63, 3.8) is 0 Å². The Balaban J connectivity index is 0.00000176. The van der Waals surface area contributed by atoms with Crippen LogP contribution in [0.25, 0.3) is 0 Å². The zero-order valence-electron chi connectivity index (χ0n) is 12.7. The van der Waals surface area contributed by atoms with Crippen molar-refractivity contribution in [3.05, 3.63) is 58.9 Å². The van der Waals surface area contributed by atoms with Gasteiger partial charge in [0.2, 0.25) is 0 Å². The molecular weight excluding hydrogens is 387 g/mol. The molecule has 4 nitrogen and oxygen atoms in total. The molecule has 3 rings (SSSR count). The molecule has 0 saturated heterocycles. The van der Waals surface area contributed by atoms with Crippen LogP contribution < -0.4 is 11.1 Å². The second kappa shape index (κ2) is 7.58. The standard InChI is InChI=1S/C17H20N4.HI/c1-12-7-13(10-19-9-12)11-20-17(18)21-16-6-5-14-3-2-4-15(14)8-16;/h5-10H,2-4,11H2,1H3,(H3,18,20,21);1H. The van der Waals surface area contributed by atoms with E-state index in [0.29, 0.717) is 12.5 Å². The van der Waals surface area contributed by atoms with Crippen LogP contribution in [0.4, 0.5) is 5.69 Å². The van der Waals surface area contributed by atoms with Gasteiger partial charge in [0, 0.05) is 18.1 Å². The molecule has 1 aromatic carbocycles. The first-order chi connectivity index (χ1) is 10.2. The number of pyridine rings is 1. The smallest absolute Gasteiger partial charge is 0.193 e. The van der Waals surface area contributed by atoms with Crippen LogP contribution in [0.3, 0.4) is 0 Å². The highest BCUT2D eigenvalue weighted by Crippen LogP contribution is 2.24. The van der Waals surface area contributed by atoms with Gasteiger partial charge in [0.15, 0.2) is 5.96 Å². The van der Waals surface area contributed by atoms with Crippen LogP contribution in [0.2, 0.25) is 0 Å². The molecule has 1 aliphatic carbocycles. The van der Waals surface area contributed by atoms with Crippen molar-refractivity contribution < 1.29 is 0 Å². The van der Waals surface area contributed by atoms with Gasteiger partial charge < -0.3 is 11.1 Å². The maximum absolute atomic E-state index is 5.96. The summed E-state index contributed by atoms with van der Waals surface area (Å²) in [4.78, 5) is 8.52. The Labute approximate surface area is 148 Å². The van der Waals surface area contributed by atoms with Gasteiger partial charge in [-0.25, -0.2) is 4.99 Å². The van der Waals surface area contributed by atoms with E-state index < -0.39 is 0 Å². The molecule has 0 aliphatic heterocycles. The molecule has 0 amide bonds. The number of fused-ring (bicyclic) bond motifs is 1. The van der Waals surface area contributed by atoms with Gasteiger partial charge in [0.25, 0.3) is 0 Å². The van der Waals surface area contributed by atoms with E-state index in [1.807, 2.05) is 19.3 Å². The van der Waals surface area contributed by atoms with E-state index in [4.69, 9.17) is 5.73 Å². The molecule has 3 N–H and O–H groups in total. The number of halogens is 1. The van der Waals surface area contributed by atoms with Crippen molar-refractivity contribution in [1.82, 2.24) is 4.98 Å². The number of anilines is 1. The fourth-order valence-corrected chi connectivity index (χ4v) is 2.72. The number of hydrogen-bond acceptors (Lipinski definition) is 2. The lowest BCUT2D eigenvalue weighted by Gasteiger charge is -2.08. The van der Waals surface area contributed by atoms with Crippen LogP contribution in [0.15, 0.2) is 41.7 Å². The molecule has 0 saturated carbocycles. The van der Waals surface area contributed by atoms with Crippen LogP contribution in [0.5, 0.6) is 0 Å². The second-order valence-electron chi connectivity index (χ2n) is 5.53. The van der Waals surface area contributed by atoms with Gasteiger partial charge in [0.05, 0.1) is 6.54 Å². The van der Waals surface area contributed by atoms with Gasteiger partial charge in [-0.05, 0) is 60.6 Å². The highest BCUT2D eigenvalue weighted by atomic mass is 127. The zero-order valence-corrected chi connectivity index (χ0v) is 15.0. The number of benzene rings is 1. The number of nitrogens with two attached hydrogens (primary N) is 1. The molecule has 0 fully saturated rings. The van der Waals surface area contributed by atoms with E-state index in [1.165, 1.54) is 24.0 Å². The topological polar surface area (TPSA) is 63.3 Å². The Morgan fingerprint density at radius 2 is 2.05 bits per heavy atom. The molecule has 0 unspecified atom stereocenters. The number of hydrogen-bond donors (Lipinski definition) is 2. The van der Waals surface area contributed by atoms with Crippen molar-refractivity contribution in [3.8, 4) is 0 Å². The molecule has 5 heteroatoms.